The molecule has 0 spiro atoms. The fourth-order valence-corrected chi connectivity index (χ4v) is 2.75. The first-order chi connectivity index (χ1) is 9.22. The number of nitrogens with one attached hydrogen (secondary N) is 1. The molecule has 1 heterocycles. The Labute approximate surface area is 114 Å². The van der Waals surface area contributed by atoms with E-state index >= 15 is 0 Å². The van der Waals surface area contributed by atoms with Crippen LogP contribution >= 0.6 is 0 Å². The fourth-order valence-electron chi connectivity index (χ4n) is 2.75. The van der Waals surface area contributed by atoms with E-state index in [4.69, 9.17) is 4.74 Å². The largest absolute Gasteiger partial charge is 0.453 e. The molecule has 1 aliphatic heterocycles. The number of carbonyl (C=O) groups excluding carboxylic acids is 1. The van der Waals surface area contributed by atoms with E-state index in [2.05, 4.69) is 41.4 Å². The molecule has 1 aromatic carbocycles. The molecule has 4 heteroatoms. The molecule has 1 fully saturated rings. The Hall–Kier alpha value is -1.55. The van der Waals surface area contributed by atoms with Gasteiger partial charge in [0.05, 0.1) is 7.11 Å². The van der Waals surface area contributed by atoms with Gasteiger partial charge in [-0.3, -0.25) is 0 Å². The molecule has 1 N–H and O–H groups in total. The van der Waals surface area contributed by atoms with Crippen molar-refractivity contribution >= 4 is 6.09 Å². The second kappa shape index (κ2) is 6.57. The van der Waals surface area contributed by atoms with Crippen molar-refractivity contribution in [2.24, 2.45) is 0 Å². The third-order valence-corrected chi connectivity index (χ3v) is 3.75. The average molecular weight is 262 g/mol. The topological polar surface area (TPSA) is 41.6 Å². The minimum atomic E-state index is -0.338. The van der Waals surface area contributed by atoms with Crippen LogP contribution in [0.25, 0.3) is 0 Å². The van der Waals surface area contributed by atoms with E-state index in [-0.39, 0.29) is 12.1 Å². The molecule has 104 valence electrons. The summed E-state index contributed by atoms with van der Waals surface area (Å²) in [6.07, 6.45) is 0.630. The normalized spacial score (nSPS) is 23.9. The Morgan fingerprint density at radius 3 is 2.74 bits per heavy atom. The van der Waals surface area contributed by atoms with Crippen LogP contribution in [-0.2, 0) is 4.74 Å². The maximum Gasteiger partial charge on any atom is 0.407 e. The summed E-state index contributed by atoms with van der Waals surface area (Å²) in [7, 11) is 1.41. The number of carbonyl (C=O) groups is 1. The highest BCUT2D eigenvalue weighted by molar-refractivity contribution is 5.67. The fraction of sp³-hybridized carbons (Fsp3) is 0.533. The highest BCUT2D eigenvalue weighted by Crippen LogP contribution is 2.26. The van der Waals surface area contributed by atoms with E-state index in [0.717, 1.165) is 26.1 Å². The number of ether oxygens (including phenoxy) is 1. The van der Waals surface area contributed by atoms with Gasteiger partial charge in [0.1, 0.15) is 0 Å². The second-order valence-corrected chi connectivity index (χ2v) is 5.03. The zero-order valence-corrected chi connectivity index (χ0v) is 11.6. The number of methoxy groups -OCH3 is 1. The van der Waals surface area contributed by atoms with Gasteiger partial charge in [-0.05, 0) is 24.4 Å². The molecule has 0 aromatic heterocycles. The third kappa shape index (κ3) is 3.70. The van der Waals surface area contributed by atoms with Gasteiger partial charge in [-0.25, -0.2) is 4.79 Å². The number of alkyl carbamates (subject to hydrolysis) is 1. The summed E-state index contributed by atoms with van der Waals surface area (Å²) in [6, 6.07) is 10.7. The quantitative estimate of drug-likeness (QED) is 0.908. The molecule has 1 aromatic rings. The van der Waals surface area contributed by atoms with Crippen LogP contribution in [0, 0.1) is 0 Å². The lowest BCUT2D eigenvalue weighted by molar-refractivity contribution is 0.143. The van der Waals surface area contributed by atoms with Gasteiger partial charge in [-0.1, -0.05) is 37.3 Å². The van der Waals surface area contributed by atoms with E-state index in [9.17, 15) is 4.79 Å². The van der Waals surface area contributed by atoms with E-state index in [1.807, 2.05) is 6.07 Å². The smallest absolute Gasteiger partial charge is 0.407 e. The molecule has 4 nitrogen and oxygen atoms in total. The number of nitrogens with zero attached hydrogens (tertiary/aromatic N) is 1. The van der Waals surface area contributed by atoms with Gasteiger partial charge in [-0.2, -0.15) is 0 Å². The van der Waals surface area contributed by atoms with Crippen LogP contribution in [0.5, 0.6) is 0 Å². The van der Waals surface area contributed by atoms with Crippen LogP contribution in [0.15, 0.2) is 30.3 Å². The van der Waals surface area contributed by atoms with Gasteiger partial charge in [0, 0.05) is 19.1 Å². The summed E-state index contributed by atoms with van der Waals surface area (Å²) in [5, 5.41) is 2.93. The van der Waals surface area contributed by atoms with E-state index < -0.39 is 0 Å². The highest BCUT2D eigenvalue weighted by atomic mass is 16.5. The van der Waals surface area contributed by atoms with Crippen molar-refractivity contribution in [3.63, 3.8) is 0 Å². The monoisotopic (exact) mass is 262 g/mol. The number of amides is 1. The highest BCUT2D eigenvalue weighted by Gasteiger charge is 2.28. The Morgan fingerprint density at radius 2 is 2.11 bits per heavy atom. The molecular formula is C15H22N2O2. The van der Waals surface area contributed by atoms with Crippen molar-refractivity contribution < 1.29 is 9.53 Å². The van der Waals surface area contributed by atoms with Crippen LogP contribution in [0.4, 0.5) is 4.79 Å². The SMILES string of the molecule is CCN1CC(NC(=O)OC)CC(c2ccccc2)C1. The van der Waals surface area contributed by atoms with Crippen LogP contribution in [0.2, 0.25) is 0 Å². The first-order valence-electron chi connectivity index (χ1n) is 6.84. The number of hydrogen-bond acceptors (Lipinski definition) is 3. The average Bonchev–Trinajstić information content (AvgIpc) is 2.47. The number of likely N-dealkylation sites (N-methyl/N-ethyl adjacent to an activating group) is 1. The number of hydrogen-bond donors (Lipinski definition) is 1. The predicted octanol–water partition coefficient (Wildman–Crippen LogP) is 2.22. The summed E-state index contributed by atoms with van der Waals surface area (Å²) in [6.45, 7) is 5.11. The molecule has 0 radical (unpaired) electrons. The Bertz CT molecular complexity index is 408. The van der Waals surface area contributed by atoms with Crippen LogP contribution in [-0.4, -0.2) is 43.8 Å². The zero-order chi connectivity index (χ0) is 13.7. The standard InChI is InChI=1S/C15H22N2O2/c1-3-17-10-13(12-7-5-4-6-8-12)9-14(11-17)16-15(18)19-2/h4-8,13-14H,3,9-11H2,1-2H3,(H,16,18). The summed E-state index contributed by atoms with van der Waals surface area (Å²) in [5.41, 5.74) is 1.34. The lowest BCUT2D eigenvalue weighted by Gasteiger charge is -2.37. The van der Waals surface area contributed by atoms with E-state index in [0.29, 0.717) is 5.92 Å². The summed E-state index contributed by atoms with van der Waals surface area (Å²) < 4.78 is 4.69. The molecule has 2 rings (SSSR count). The minimum absolute atomic E-state index is 0.159. The molecule has 2 atom stereocenters. The van der Waals surface area contributed by atoms with Crippen LogP contribution < -0.4 is 5.32 Å². The summed E-state index contributed by atoms with van der Waals surface area (Å²) >= 11 is 0. The molecule has 0 saturated carbocycles. The molecule has 2 unspecified atom stereocenters. The van der Waals surface area contributed by atoms with E-state index in [1.165, 1.54) is 12.7 Å². The molecule has 0 aliphatic carbocycles. The van der Waals surface area contributed by atoms with E-state index in [1.54, 1.807) is 0 Å². The third-order valence-electron chi connectivity index (χ3n) is 3.75. The van der Waals surface area contributed by atoms with Crippen molar-refractivity contribution in [3.05, 3.63) is 35.9 Å². The minimum Gasteiger partial charge on any atom is -0.453 e. The van der Waals surface area contributed by atoms with Crippen molar-refractivity contribution in [3.8, 4) is 0 Å². The lowest BCUT2D eigenvalue weighted by atomic mass is 9.88. The van der Waals surface area contributed by atoms with Crippen molar-refractivity contribution in [2.75, 3.05) is 26.7 Å². The first kappa shape index (κ1) is 13.9. The predicted molar refractivity (Wildman–Crippen MR) is 75.2 cm³/mol. The van der Waals surface area contributed by atoms with Crippen LogP contribution in [0.3, 0.4) is 0 Å². The van der Waals surface area contributed by atoms with Crippen molar-refractivity contribution in [2.45, 2.75) is 25.3 Å². The van der Waals surface area contributed by atoms with Gasteiger partial charge >= 0.3 is 6.09 Å². The van der Waals surface area contributed by atoms with Gasteiger partial charge in [0.15, 0.2) is 0 Å². The maximum absolute atomic E-state index is 11.4. The van der Waals surface area contributed by atoms with Crippen LogP contribution in [0.1, 0.15) is 24.8 Å². The molecule has 1 aliphatic rings. The number of rotatable bonds is 3. The molecule has 1 saturated heterocycles. The molecule has 1 amide bonds. The summed E-state index contributed by atoms with van der Waals surface area (Å²) in [5.74, 6) is 0.469. The second-order valence-electron chi connectivity index (χ2n) is 5.03. The first-order valence-corrected chi connectivity index (χ1v) is 6.84. The van der Waals surface area contributed by atoms with Gasteiger partial charge in [-0.15, -0.1) is 0 Å². The Kier molecular flexibility index (Phi) is 4.80. The van der Waals surface area contributed by atoms with Gasteiger partial charge in [0.25, 0.3) is 0 Å². The van der Waals surface area contributed by atoms with Gasteiger partial charge in [0.2, 0.25) is 0 Å². The molecular weight excluding hydrogens is 240 g/mol. The Morgan fingerprint density at radius 1 is 1.37 bits per heavy atom. The lowest BCUT2D eigenvalue weighted by Crippen LogP contribution is -2.50. The number of piperidine rings is 1. The van der Waals surface area contributed by atoms with Gasteiger partial charge < -0.3 is 15.0 Å². The number of benzene rings is 1. The van der Waals surface area contributed by atoms with Crippen molar-refractivity contribution in [1.82, 2.24) is 10.2 Å². The number of likely N-dealkylation sites (tertiary alicyclic amines) is 1. The molecule has 19 heavy (non-hydrogen) atoms. The zero-order valence-electron chi connectivity index (χ0n) is 11.6. The molecule has 0 bridgehead atoms. The Balaban J connectivity index is 2.06. The summed E-state index contributed by atoms with van der Waals surface area (Å²) in [4.78, 5) is 13.7. The van der Waals surface area contributed by atoms with Crippen molar-refractivity contribution in [1.29, 1.82) is 0 Å². The maximum atomic E-state index is 11.4.